The van der Waals surface area contributed by atoms with Gasteiger partial charge in [0.1, 0.15) is 0 Å². The van der Waals surface area contributed by atoms with Gasteiger partial charge in [-0.3, -0.25) is 4.79 Å². The molecule has 0 bridgehead atoms. The molecule has 4 nitrogen and oxygen atoms in total. The van der Waals surface area contributed by atoms with Gasteiger partial charge in [0.2, 0.25) is 0 Å². The van der Waals surface area contributed by atoms with Crippen LogP contribution in [0.1, 0.15) is 29.6 Å². The summed E-state index contributed by atoms with van der Waals surface area (Å²) < 4.78 is 6.10. The standard InChI is InChI=1S/C13H17BrN2O2/c1-18-12-4-2-3-11(12)16-13(17)8-5-6-10(15)9(14)7-8/h5-7,11-12H,2-4,15H2,1H3,(H,16,17). The van der Waals surface area contributed by atoms with E-state index in [4.69, 9.17) is 10.5 Å². The Morgan fingerprint density at radius 1 is 1.50 bits per heavy atom. The number of methoxy groups -OCH3 is 1. The Labute approximate surface area is 115 Å². The highest BCUT2D eigenvalue weighted by Crippen LogP contribution is 2.23. The lowest BCUT2D eigenvalue weighted by molar-refractivity contribution is 0.0722. The third kappa shape index (κ3) is 2.84. The van der Waals surface area contributed by atoms with Gasteiger partial charge >= 0.3 is 0 Å². The maximum Gasteiger partial charge on any atom is 0.251 e. The van der Waals surface area contributed by atoms with E-state index in [2.05, 4.69) is 21.2 Å². The molecule has 1 aromatic rings. The zero-order valence-corrected chi connectivity index (χ0v) is 11.9. The number of halogens is 1. The van der Waals surface area contributed by atoms with Crippen LogP contribution in [-0.2, 0) is 4.74 Å². The lowest BCUT2D eigenvalue weighted by atomic mass is 10.1. The van der Waals surface area contributed by atoms with E-state index in [1.807, 2.05) is 0 Å². The Morgan fingerprint density at radius 2 is 2.28 bits per heavy atom. The van der Waals surface area contributed by atoms with E-state index in [1.165, 1.54) is 0 Å². The van der Waals surface area contributed by atoms with Gasteiger partial charge in [-0.1, -0.05) is 0 Å². The summed E-state index contributed by atoms with van der Waals surface area (Å²) in [6.45, 7) is 0. The highest BCUT2D eigenvalue weighted by atomic mass is 79.9. The van der Waals surface area contributed by atoms with Crippen molar-refractivity contribution in [3.63, 3.8) is 0 Å². The third-order valence-corrected chi connectivity index (χ3v) is 4.02. The lowest BCUT2D eigenvalue weighted by Gasteiger charge is -2.19. The van der Waals surface area contributed by atoms with E-state index in [9.17, 15) is 4.79 Å². The number of amides is 1. The normalized spacial score (nSPS) is 23.0. The van der Waals surface area contributed by atoms with E-state index >= 15 is 0 Å². The van der Waals surface area contributed by atoms with Crippen molar-refractivity contribution in [2.75, 3.05) is 12.8 Å². The van der Waals surface area contributed by atoms with Gasteiger partial charge in [-0.2, -0.15) is 0 Å². The molecule has 2 rings (SSSR count). The molecule has 1 amide bonds. The first-order valence-corrected chi connectivity index (χ1v) is 6.80. The van der Waals surface area contributed by atoms with Crippen LogP contribution >= 0.6 is 15.9 Å². The highest BCUT2D eigenvalue weighted by molar-refractivity contribution is 9.10. The second kappa shape index (κ2) is 5.71. The second-order valence-electron chi connectivity index (χ2n) is 4.52. The number of hydrogen-bond acceptors (Lipinski definition) is 3. The van der Waals surface area contributed by atoms with Gasteiger partial charge in [0, 0.05) is 22.8 Å². The molecule has 0 saturated heterocycles. The van der Waals surface area contributed by atoms with E-state index < -0.39 is 0 Å². The number of carbonyl (C=O) groups excluding carboxylic acids is 1. The molecular weight excluding hydrogens is 296 g/mol. The summed E-state index contributed by atoms with van der Waals surface area (Å²) in [4.78, 5) is 12.1. The number of ether oxygens (including phenoxy) is 1. The third-order valence-electron chi connectivity index (χ3n) is 3.33. The predicted octanol–water partition coefficient (Wildman–Crippen LogP) is 2.33. The molecule has 1 fully saturated rings. The van der Waals surface area contributed by atoms with Crippen LogP contribution in [0.2, 0.25) is 0 Å². The molecule has 0 spiro atoms. The minimum Gasteiger partial charge on any atom is -0.398 e. The molecule has 1 aliphatic carbocycles. The van der Waals surface area contributed by atoms with E-state index in [1.54, 1.807) is 25.3 Å². The first-order valence-electron chi connectivity index (χ1n) is 6.00. The molecule has 0 radical (unpaired) electrons. The fourth-order valence-corrected chi connectivity index (χ4v) is 2.67. The van der Waals surface area contributed by atoms with Crippen LogP contribution in [0.15, 0.2) is 22.7 Å². The van der Waals surface area contributed by atoms with Gasteiger partial charge in [0.15, 0.2) is 0 Å². The Morgan fingerprint density at radius 3 is 2.94 bits per heavy atom. The number of benzene rings is 1. The van der Waals surface area contributed by atoms with Crippen LogP contribution in [0.4, 0.5) is 5.69 Å². The van der Waals surface area contributed by atoms with Crippen LogP contribution in [-0.4, -0.2) is 25.2 Å². The van der Waals surface area contributed by atoms with Crippen LogP contribution in [0.3, 0.4) is 0 Å². The average molecular weight is 313 g/mol. The Hall–Kier alpha value is -1.07. The Balaban J connectivity index is 2.05. The van der Waals surface area contributed by atoms with Crippen molar-refractivity contribution < 1.29 is 9.53 Å². The van der Waals surface area contributed by atoms with Crippen LogP contribution < -0.4 is 11.1 Å². The van der Waals surface area contributed by atoms with Crippen molar-refractivity contribution in [1.82, 2.24) is 5.32 Å². The molecule has 1 aromatic carbocycles. The lowest BCUT2D eigenvalue weighted by Crippen LogP contribution is -2.40. The van der Waals surface area contributed by atoms with Gasteiger partial charge < -0.3 is 15.8 Å². The highest BCUT2D eigenvalue weighted by Gasteiger charge is 2.28. The number of carbonyl (C=O) groups is 1. The van der Waals surface area contributed by atoms with Crippen molar-refractivity contribution in [2.24, 2.45) is 0 Å². The fraction of sp³-hybridized carbons (Fsp3) is 0.462. The van der Waals surface area contributed by atoms with E-state index in [-0.39, 0.29) is 18.1 Å². The number of nitrogens with two attached hydrogens (primary N) is 1. The molecule has 5 heteroatoms. The number of anilines is 1. The molecule has 98 valence electrons. The van der Waals surface area contributed by atoms with E-state index in [0.29, 0.717) is 11.3 Å². The first kappa shape index (κ1) is 13.4. The van der Waals surface area contributed by atoms with Crippen LogP contribution in [0.25, 0.3) is 0 Å². The van der Waals surface area contributed by atoms with Gasteiger partial charge in [-0.25, -0.2) is 0 Å². The molecule has 1 aliphatic rings. The molecule has 0 heterocycles. The van der Waals surface area contributed by atoms with Crippen molar-refractivity contribution in [3.8, 4) is 0 Å². The Bertz CT molecular complexity index is 451. The van der Waals surface area contributed by atoms with Crippen LogP contribution in [0.5, 0.6) is 0 Å². The Kier molecular flexibility index (Phi) is 4.24. The van der Waals surface area contributed by atoms with E-state index in [0.717, 1.165) is 23.7 Å². The summed E-state index contributed by atoms with van der Waals surface area (Å²) in [5, 5.41) is 3.02. The SMILES string of the molecule is COC1CCCC1NC(=O)c1ccc(N)c(Br)c1. The van der Waals surface area contributed by atoms with Crippen molar-refractivity contribution in [1.29, 1.82) is 0 Å². The molecule has 0 aromatic heterocycles. The second-order valence-corrected chi connectivity index (χ2v) is 5.38. The summed E-state index contributed by atoms with van der Waals surface area (Å²) in [6, 6.07) is 5.30. The molecule has 3 N–H and O–H groups in total. The fourth-order valence-electron chi connectivity index (χ4n) is 2.29. The number of hydrogen-bond donors (Lipinski definition) is 2. The largest absolute Gasteiger partial charge is 0.398 e. The molecule has 0 aliphatic heterocycles. The molecule has 2 atom stereocenters. The summed E-state index contributed by atoms with van der Waals surface area (Å²) in [5.74, 6) is -0.0790. The molecule has 2 unspecified atom stereocenters. The minimum atomic E-state index is -0.0790. The zero-order valence-electron chi connectivity index (χ0n) is 10.3. The number of nitrogen functional groups attached to an aromatic ring is 1. The predicted molar refractivity (Wildman–Crippen MR) is 74.5 cm³/mol. The number of nitrogens with one attached hydrogen (secondary N) is 1. The summed E-state index contributed by atoms with van der Waals surface area (Å²) in [7, 11) is 1.69. The van der Waals surface area contributed by atoms with Gasteiger partial charge in [-0.15, -0.1) is 0 Å². The minimum absolute atomic E-state index is 0.0790. The first-order chi connectivity index (χ1) is 8.61. The van der Waals surface area contributed by atoms with Gasteiger partial charge in [0.25, 0.3) is 5.91 Å². The topological polar surface area (TPSA) is 64.3 Å². The van der Waals surface area contributed by atoms with Crippen molar-refractivity contribution in [2.45, 2.75) is 31.4 Å². The maximum atomic E-state index is 12.1. The quantitative estimate of drug-likeness (QED) is 0.842. The zero-order chi connectivity index (χ0) is 13.1. The van der Waals surface area contributed by atoms with Crippen molar-refractivity contribution >= 4 is 27.5 Å². The number of rotatable bonds is 3. The molecule has 1 saturated carbocycles. The summed E-state index contributed by atoms with van der Waals surface area (Å²) >= 11 is 3.32. The summed E-state index contributed by atoms with van der Waals surface area (Å²) in [5.41, 5.74) is 6.93. The summed E-state index contributed by atoms with van der Waals surface area (Å²) in [6.07, 6.45) is 3.20. The van der Waals surface area contributed by atoms with Gasteiger partial charge in [0.05, 0.1) is 12.1 Å². The van der Waals surface area contributed by atoms with Crippen molar-refractivity contribution in [3.05, 3.63) is 28.2 Å². The average Bonchev–Trinajstić information content (AvgIpc) is 2.79. The maximum absolute atomic E-state index is 12.1. The molecular formula is C13H17BrN2O2. The van der Waals surface area contributed by atoms with Gasteiger partial charge in [-0.05, 0) is 53.4 Å². The molecule has 18 heavy (non-hydrogen) atoms. The monoisotopic (exact) mass is 312 g/mol. The smallest absolute Gasteiger partial charge is 0.251 e. The van der Waals surface area contributed by atoms with Crippen LogP contribution in [0, 0.1) is 0 Å².